The van der Waals surface area contributed by atoms with Gasteiger partial charge in [-0.1, -0.05) is 31.2 Å². The molecule has 14 heavy (non-hydrogen) atoms. The summed E-state index contributed by atoms with van der Waals surface area (Å²) in [5.74, 6) is 0. The van der Waals surface area contributed by atoms with Crippen molar-refractivity contribution in [1.29, 1.82) is 0 Å². The molecule has 0 saturated heterocycles. The second-order valence-electron chi connectivity index (χ2n) is 4.26. The van der Waals surface area contributed by atoms with Gasteiger partial charge in [0.25, 0.3) is 0 Å². The van der Waals surface area contributed by atoms with Crippen molar-refractivity contribution in [2.24, 2.45) is 0 Å². The summed E-state index contributed by atoms with van der Waals surface area (Å²) in [5, 5.41) is 0. The van der Waals surface area contributed by atoms with Crippen molar-refractivity contribution < 1.29 is 12.9 Å². The van der Waals surface area contributed by atoms with Crippen LogP contribution >= 0.6 is 0 Å². The maximum Gasteiger partial charge on any atom is 0.509 e. The summed E-state index contributed by atoms with van der Waals surface area (Å²) in [6.45, 7) is -2.75. The van der Waals surface area contributed by atoms with Crippen molar-refractivity contribution in [2.75, 3.05) is 0 Å². The molecule has 0 atom stereocenters. The molecular formula is C10H11BF3-. The third kappa shape index (κ3) is 1.65. The van der Waals surface area contributed by atoms with Crippen molar-refractivity contribution in [3.63, 3.8) is 0 Å². The highest BCUT2D eigenvalue weighted by atomic mass is 19.4. The number of rotatable bonds is 2. The van der Waals surface area contributed by atoms with E-state index >= 15 is 0 Å². The van der Waals surface area contributed by atoms with Crippen LogP contribution in [0.2, 0.25) is 0 Å². The molecule has 0 N–H and O–H groups in total. The largest absolute Gasteiger partial charge is 0.509 e. The van der Waals surface area contributed by atoms with Gasteiger partial charge in [0.15, 0.2) is 0 Å². The zero-order chi connectivity index (χ0) is 10.4. The van der Waals surface area contributed by atoms with E-state index in [-0.39, 0.29) is 5.41 Å². The zero-order valence-corrected chi connectivity index (χ0v) is 7.93. The van der Waals surface area contributed by atoms with Crippen molar-refractivity contribution in [3.05, 3.63) is 29.8 Å². The molecule has 4 heteroatoms. The van der Waals surface area contributed by atoms with Crippen LogP contribution in [-0.4, -0.2) is 6.98 Å². The van der Waals surface area contributed by atoms with Crippen molar-refractivity contribution in [2.45, 2.75) is 25.2 Å². The Hall–Kier alpha value is -0.925. The van der Waals surface area contributed by atoms with E-state index in [9.17, 15) is 12.9 Å². The third-order valence-electron chi connectivity index (χ3n) is 2.99. The molecule has 76 valence electrons. The van der Waals surface area contributed by atoms with Crippen LogP contribution in [0.3, 0.4) is 0 Å². The Morgan fingerprint density at radius 3 is 1.93 bits per heavy atom. The first-order chi connectivity index (χ1) is 6.42. The molecule has 0 aromatic heterocycles. The second kappa shape index (κ2) is 2.78. The Morgan fingerprint density at radius 2 is 1.57 bits per heavy atom. The molecule has 0 amide bonds. The van der Waals surface area contributed by atoms with Crippen LogP contribution in [0.15, 0.2) is 24.3 Å². The van der Waals surface area contributed by atoms with Gasteiger partial charge < -0.3 is 12.9 Å². The Morgan fingerprint density at radius 1 is 1.07 bits per heavy atom. The van der Waals surface area contributed by atoms with Crippen LogP contribution in [0.25, 0.3) is 0 Å². The molecule has 1 fully saturated rings. The van der Waals surface area contributed by atoms with Crippen molar-refractivity contribution >= 4 is 12.4 Å². The van der Waals surface area contributed by atoms with Crippen LogP contribution < -0.4 is 5.46 Å². The second-order valence-corrected chi connectivity index (χ2v) is 4.26. The minimum absolute atomic E-state index is 0.150. The van der Waals surface area contributed by atoms with E-state index in [0.717, 1.165) is 18.4 Å². The quantitative estimate of drug-likeness (QED) is 0.642. The topological polar surface area (TPSA) is 0 Å². The monoisotopic (exact) mass is 199 g/mol. The summed E-state index contributed by atoms with van der Waals surface area (Å²) in [5.41, 5.74) is 0.677. The van der Waals surface area contributed by atoms with Gasteiger partial charge in [-0.25, -0.2) is 0 Å². The molecular weight excluding hydrogens is 188 g/mol. The lowest BCUT2D eigenvalue weighted by Gasteiger charge is -2.16. The van der Waals surface area contributed by atoms with Crippen LogP contribution in [0.4, 0.5) is 12.9 Å². The minimum atomic E-state index is -4.84. The highest BCUT2D eigenvalue weighted by Gasteiger charge is 2.39. The van der Waals surface area contributed by atoms with E-state index in [1.165, 1.54) is 12.1 Å². The lowest BCUT2D eigenvalue weighted by Crippen LogP contribution is -2.33. The lowest BCUT2D eigenvalue weighted by molar-refractivity contribution is 0.501. The fourth-order valence-electron chi connectivity index (χ4n) is 1.58. The molecule has 0 heterocycles. The summed E-state index contributed by atoms with van der Waals surface area (Å²) in [6.07, 6.45) is 2.17. The number of hydrogen-bond donors (Lipinski definition) is 0. The molecule has 1 aromatic carbocycles. The average Bonchev–Trinajstić information content (AvgIpc) is 2.84. The van der Waals surface area contributed by atoms with Gasteiger partial charge in [0.1, 0.15) is 0 Å². The summed E-state index contributed by atoms with van der Waals surface area (Å²) in [7, 11) is 0. The van der Waals surface area contributed by atoms with Crippen LogP contribution in [0, 0.1) is 0 Å². The van der Waals surface area contributed by atoms with E-state index in [1.54, 1.807) is 12.1 Å². The number of halogens is 3. The molecule has 0 radical (unpaired) electrons. The molecule has 2 rings (SSSR count). The van der Waals surface area contributed by atoms with Gasteiger partial charge in [0.2, 0.25) is 0 Å². The lowest BCUT2D eigenvalue weighted by atomic mass is 9.79. The van der Waals surface area contributed by atoms with E-state index in [1.807, 2.05) is 0 Å². The first-order valence-corrected chi connectivity index (χ1v) is 4.72. The van der Waals surface area contributed by atoms with Crippen molar-refractivity contribution in [1.82, 2.24) is 0 Å². The maximum absolute atomic E-state index is 12.3. The standard InChI is InChI=1S/C10H11BF3/c1-10(6-7-10)8-2-4-9(5-3-8)11(12,13)14/h2-5H,6-7H2,1H3/q-1. The Bertz CT molecular complexity index is 311. The number of hydrogen-bond acceptors (Lipinski definition) is 0. The molecule has 0 spiro atoms. The fraction of sp³-hybridized carbons (Fsp3) is 0.400. The minimum Gasteiger partial charge on any atom is -0.445 e. The van der Waals surface area contributed by atoms with Gasteiger partial charge in [0.05, 0.1) is 0 Å². The average molecular weight is 199 g/mol. The third-order valence-corrected chi connectivity index (χ3v) is 2.99. The predicted molar refractivity (Wildman–Crippen MR) is 51.7 cm³/mol. The Kier molecular flexibility index (Phi) is 1.91. The predicted octanol–water partition coefficient (Wildman–Crippen LogP) is 2.79. The van der Waals surface area contributed by atoms with Gasteiger partial charge in [-0.2, -0.15) is 0 Å². The Labute approximate surface area is 81.2 Å². The highest BCUT2D eigenvalue weighted by Crippen LogP contribution is 2.47. The van der Waals surface area contributed by atoms with Gasteiger partial charge in [-0.05, 0) is 23.8 Å². The molecule has 1 aliphatic rings. The van der Waals surface area contributed by atoms with Gasteiger partial charge >= 0.3 is 6.98 Å². The first kappa shape index (κ1) is 9.62. The summed E-state index contributed by atoms with van der Waals surface area (Å²) in [6, 6.07) is 5.60. The maximum atomic E-state index is 12.3. The zero-order valence-electron chi connectivity index (χ0n) is 7.93. The van der Waals surface area contributed by atoms with E-state index in [0.29, 0.717) is 0 Å². The normalized spacial score (nSPS) is 19.4. The van der Waals surface area contributed by atoms with E-state index in [4.69, 9.17) is 0 Å². The van der Waals surface area contributed by atoms with Gasteiger partial charge in [-0.15, -0.1) is 5.46 Å². The van der Waals surface area contributed by atoms with Crippen LogP contribution in [-0.2, 0) is 5.41 Å². The van der Waals surface area contributed by atoms with Crippen LogP contribution in [0.5, 0.6) is 0 Å². The molecule has 0 bridgehead atoms. The van der Waals surface area contributed by atoms with E-state index in [2.05, 4.69) is 6.92 Å². The Balaban J connectivity index is 2.27. The molecule has 1 aromatic rings. The molecule has 1 saturated carbocycles. The summed E-state index contributed by atoms with van der Waals surface area (Å²) in [4.78, 5) is 0. The van der Waals surface area contributed by atoms with E-state index < -0.39 is 12.4 Å². The fourth-order valence-corrected chi connectivity index (χ4v) is 1.58. The first-order valence-electron chi connectivity index (χ1n) is 4.72. The highest BCUT2D eigenvalue weighted by molar-refractivity contribution is 6.73. The summed E-state index contributed by atoms with van der Waals surface area (Å²) >= 11 is 0. The van der Waals surface area contributed by atoms with Gasteiger partial charge in [0, 0.05) is 0 Å². The van der Waals surface area contributed by atoms with Crippen LogP contribution in [0.1, 0.15) is 25.3 Å². The van der Waals surface area contributed by atoms with Gasteiger partial charge in [-0.3, -0.25) is 0 Å². The SMILES string of the molecule is CC1(c2ccc([B-](F)(F)F)cc2)CC1. The molecule has 1 aliphatic carbocycles. The summed E-state index contributed by atoms with van der Waals surface area (Å²) < 4.78 is 36.9. The smallest absolute Gasteiger partial charge is 0.445 e. The molecule has 0 unspecified atom stereocenters. The number of benzene rings is 1. The molecule has 0 aliphatic heterocycles. The molecule has 0 nitrogen and oxygen atoms in total. The van der Waals surface area contributed by atoms with Crippen molar-refractivity contribution in [3.8, 4) is 0 Å².